The van der Waals surface area contributed by atoms with Crippen LogP contribution in [-0.4, -0.2) is 17.1 Å². The van der Waals surface area contributed by atoms with Crippen LogP contribution < -0.4 is 11.1 Å². The highest BCUT2D eigenvalue weighted by Crippen LogP contribution is 2.33. The van der Waals surface area contributed by atoms with Crippen molar-refractivity contribution < 1.29 is 9.18 Å². The van der Waals surface area contributed by atoms with E-state index in [9.17, 15) is 9.18 Å². The highest BCUT2D eigenvalue weighted by molar-refractivity contribution is 7.99. The first kappa shape index (κ1) is 18.6. The fourth-order valence-electron chi connectivity index (χ4n) is 2.48. The van der Waals surface area contributed by atoms with Gasteiger partial charge >= 0.3 is 0 Å². The van der Waals surface area contributed by atoms with Gasteiger partial charge in [0.15, 0.2) is 5.82 Å². The van der Waals surface area contributed by atoms with Crippen molar-refractivity contribution in [1.29, 1.82) is 5.41 Å². The monoisotopic (exact) mass is 380 g/mol. The highest BCUT2D eigenvalue weighted by Gasteiger charge is 2.12. The quantitative estimate of drug-likeness (QED) is 0.448. The number of nitrogen functional groups attached to an aromatic ring is 1. The zero-order valence-electron chi connectivity index (χ0n) is 14.5. The molecule has 2 aromatic carbocycles. The maximum atomic E-state index is 13.7. The molecule has 136 valence electrons. The molecule has 0 spiro atoms. The number of carbonyl (C=O) groups excluding carboxylic acids is 1. The van der Waals surface area contributed by atoms with Crippen LogP contribution in [0.25, 0.3) is 0 Å². The molecule has 7 heteroatoms. The molecule has 1 heterocycles. The lowest BCUT2D eigenvalue weighted by Crippen LogP contribution is -2.13. The Morgan fingerprint density at radius 1 is 1.30 bits per heavy atom. The van der Waals surface area contributed by atoms with Crippen LogP contribution in [0.15, 0.2) is 64.6 Å². The van der Waals surface area contributed by atoms with Crippen LogP contribution in [0.2, 0.25) is 0 Å². The summed E-state index contributed by atoms with van der Waals surface area (Å²) in [6.45, 7) is 1.95. The number of anilines is 2. The summed E-state index contributed by atoms with van der Waals surface area (Å²) in [6, 6.07) is 12.3. The molecule has 3 aromatic rings. The van der Waals surface area contributed by atoms with Crippen LogP contribution in [0, 0.1) is 18.2 Å². The summed E-state index contributed by atoms with van der Waals surface area (Å²) in [5.41, 5.74) is 8.60. The Bertz CT molecular complexity index is 1020. The predicted molar refractivity (Wildman–Crippen MR) is 106 cm³/mol. The number of hydrogen-bond acceptors (Lipinski definition) is 5. The van der Waals surface area contributed by atoms with Gasteiger partial charge in [0.05, 0.1) is 11.8 Å². The van der Waals surface area contributed by atoms with Gasteiger partial charge in [-0.25, -0.2) is 4.39 Å². The normalized spacial score (nSPS) is 10.4. The number of benzene rings is 2. The molecular weight excluding hydrogens is 363 g/mol. The maximum Gasteiger partial charge on any atom is 0.258 e. The van der Waals surface area contributed by atoms with Gasteiger partial charge in [0.25, 0.3) is 5.91 Å². The highest BCUT2D eigenvalue weighted by atomic mass is 32.2. The minimum atomic E-state index is -0.669. The van der Waals surface area contributed by atoms with E-state index in [-0.39, 0.29) is 5.56 Å². The molecule has 0 atom stereocenters. The van der Waals surface area contributed by atoms with Crippen molar-refractivity contribution >= 4 is 35.3 Å². The Kier molecular flexibility index (Phi) is 5.52. The lowest BCUT2D eigenvalue weighted by Gasteiger charge is -2.11. The van der Waals surface area contributed by atoms with Crippen molar-refractivity contribution in [3.05, 3.63) is 77.4 Å². The van der Waals surface area contributed by atoms with Gasteiger partial charge in [-0.05, 0) is 48.9 Å². The van der Waals surface area contributed by atoms with E-state index in [2.05, 4.69) is 10.3 Å². The first-order valence-electron chi connectivity index (χ1n) is 8.07. The molecule has 0 aliphatic carbocycles. The molecule has 1 amide bonds. The Morgan fingerprint density at radius 3 is 2.85 bits per heavy atom. The minimum absolute atomic E-state index is 0.0620. The number of carbonyl (C=O) groups is 1. The summed E-state index contributed by atoms with van der Waals surface area (Å²) in [7, 11) is 0. The van der Waals surface area contributed by atoms with Crippen molar-refractivity contribution in [1.82, 2.24) is 4.98 Å². The fourth-order valence-corrected chi connectivity index (χ4v) is 3.48. The summed E-state index contributed by atoms with van der Waals surface area (Å²) in [6.07, 6.45) is 3.60. The van der Waals surface area contributed by atoms with E-state index in [4.69, 9.17) is 11.1 Å². The number of rotatable bonds is 5. The number of amides is 1. The first-order chi connectivity index (χ1) is 13.0. The molecule has 3 rings (SSSR count). The summed E-state index contributed by atoms with van der Waals surface area (Å²) < 4.78 is 13.7. The van der Waals surface area contributed by atoms with E-state index in [1.165, 1.54) is 30.2 Å². The summed E-state index contributed by atoms with van der Waals surface area (Å²) in [5.74, 6) is -1.20. The van der Waals surface area contributed by atoms with E-state index in [0.717, 1.165) is 21.6 Å². The average molecular weight is 380 g/mol. The SMILES string of the molecule is Cc1cc(N)c(C=N)cc1Sc1cccc(NC(=O)c2ccncc2F)c1. The third-order valence-corrected chi connectivity index (χ3v) is 5.02. The van der Waals surface area contributed by atoms with Gasteiger partial charge in [0.2, 0.25) is 0 Å². The second-order valence-electron chi connectivity index (χ2n) is 5.83. The molecule has 0 aliphatic heterocycles. The van der Waals surface area contributed by atoms with Gasteiger partial charge in [-0.1, -0.05) is 17.8 Å². The third kappa shape index (κ3) is 4.32. The van der Waals surface area contributed by atoms with Gasteiger partial charge in [-0.3, -0.25) is 9.78 Å². The Hall–Kier alpha value is -3.19. The van der Waals surface area contributed by atoms with Gasteiger partial charge in [0.1, 0.15) is 0 Å². The molecule has 0 radical (unpaired) electrons. The molecule has 0 bridgehead atoms. The van der Waals surface area contributed by atoms with E-state index in [1.807, 2.05) is 37.3 Å². The van der Waals surface area contributed by atoms with E-state index < -0.39 is 11.7 Å². The van der Waals surface area contributed by atoms with Crippen molar-refractivity contribution in [3.8, 4) is 0 Å². The van der Waals surface area contributed by atoms with Gasteiger partial charge in [-0.15, -0.1) is 0 Å². The Balaban J connectivity index is 1.81. The number of nitrogens with two attached hydrogens (primary N) is 1. The van der Waals surface area contributed by atoms with E-state index in [1.54, 1.807) is 6.07 Å². The number of aryl methyl sites for hydroxylation is 1. The molecular formula is C20H17FN4OS. The molecule has 1 aromatic heterocycles. The minimum Gasteiger partial charge on any atom is -0.398 e. The maximum absolute atomic E-state index is 13.7. The number of aromatic nitrogens is 1. The average Bonchev–Trinajstić information content (AvgIpc) is 2.64. The predicted octanol–water partition coefficient (Wildman–Crippen LogP) is 4.51. The van der Waals surface area contributed by atoms with Crippen LogP contribution in [0.5, 0.6) is 0 Å². The van der Waals surface area contributed by atoms with Crippen LogP contribution >= 0.6 is 11.8 Å². The third-order valence-electron chi connectivity index (χ3n) is 3.87. The van der Waals surface area contributed by atoms with Crippen LogP contribution in [-0.2, 0) is 0 Å². The van der Waals surface area contributed by atoms with Crippen LogP contribution in [0.3, 0.4) is 0 Å². The van der Waals surface area contributed by atoms with Gasteiger partial charge in [-0.2, -0.15) is 0 Å². The Morgan fingerprint density at radius 2 is 2.11 bits per heavy atom. The summed E-state index contributed by atoms with van der Waals surface area (Å²) in [4.78, 5) is 17.8. The fraction of sp³-hybridized carbons (Fsp3) is 0.0500. The first-order valence-corrected chi connectivity index (χ1v) is 8.89. The van der Waals surface area contributed by atoms with Crippen LogP contribution in [0.4, 0.5) is 15.8 Å². The molecule has 0 aliphatic rings. The topological polar surface area (TPSA) is 91.9 Å². The number of nitrogens with zero attached hydrogens (tertiary/aromatic N) is 1. The van der Waals surface area contributed by atoms with E-state index >= 15 is 0 Å². The molecule has 5 nitrogen and oxygen atoms in total. The van der Waals surface area contributed by atoms with Crippen molar-refractivity contribution in [2.75, 3.05) is 11.1 Å². The van der Waals surface area contributed by atoms with Gasteiger partial charge < -0.3 is 16.5 Å². The Labute approximate surface area is 160 Å². The molecule has 0 unspecified atom stereocenters. The molecule has 4 N–H and O–H groups in total. The molecule has 0 saturated carbocycles. The number of pyridine rings is 1. The molecule has 0 fully saturated rings. The zero-order valence-corrected chi connectivity index (χ0v) is 15.3. The lowest BCUT2D eigenvalue weighted by molar-refractivity contribution is 0.102. The molecule has 0 saturated heterocycles. The standard InChI is InChI=1S/C20H17FN4OS/c1-12-7-18(23)13(10-22)8-19(12)27-15-4-2-3-14(9-15)25-20(26)16-5-6-24-11-17(16)21/h2-11,22H,23H2,1H3,(H,25,26). The summed E-state index contributed by atoms with van der Waals surface area (Å²) >= 11 is 1.50. The number of hydrogen-bond donors (Lipinski definition) is 3. The number of halogens is 1. The summed E-state index contributed by atoms with van der Waals surface area (Å²) in [5, 5.41) is 10.1. The zero-order chi connectivity index (χ0) is 19.4. The van der Waals surface area contributed by atoms with Crippen molar-refractivity contribution in [2.24, 2.45) is 0 Å². The number of nitrogens with one attached hydrogen (secondary N) is 2. The van der Waals surface area contributed by atoms with Crippen molar-refractivity contribution in [2.45, 2.75) is 16.7 Å². The molecule has 27 heavy (non-hydrogen) atoms. The largest absolute Gasteiger partial charge is 0.398 e. The smallest absolute Gasteiger partial charge is 0.258 e. The lowest BCUT2D eigenvalue weighted by atomic mass is 10.1. The van der Waals surface area contributed by atoms with E-state index in [0.29, 0.717) is 16.9 Å². The second-order valence-corrected chi connectivity index (χ2v) is 6.95. The van der Waals surface area contributed by atoms with Crippen LogP contribution in [0.1, 0.15) is 21.5 Å². The van der Waals surface area contributed by atoms with Gasteiger partial charge in [0, 0.05) is 39.1 Å². The van der Waals surface area contributed by atoms with Crippen molar-refractivity contribution in [3.63, 3.8) is 0 Å². The second kappa shape index (κ2) is 8.01.